The Hall–Kier alpha value is -4.91. The monoisotopic (exact) mass is 690 g/mol. The summed E-state index contributed by atoms with van der Waals surface area (Å²) in [5.74, 6) is -1.43. The molecular weight excluding hydrogens is 672 g/mol. The zero-order valence-electron chi connectivity index (χ0n) is 22.7. The number of aryl methyl sites for hydroxylation is 1. The first-order chi connectivity index (χ1) is 21.1. The molecule has 10 nitrogen and oxygen atoms in total. The van der Waals surface area contributed by atoms with Crippen molar-refractivity contribution < 1.29 is 24.0 Å². The van der Waals surface area contributed by atoms with E-state index in [4.69, 9.17) is 16.3 Å². The molecule has 5 rings (SSSR count). The second-order valence-electron chi connectivity index (χ2n) is 9.35. The van der Waals surface area contributed by atoms with E-state index < -0.39 is 16.8 Å². The predicted molar refractivity (Wildman–Crippen MR) is 173 cm³/mol. The molecule has 0 saturated heterocycles. The van der Waals surface area contributed by atoms with Gasteiger partial charge in [0.25, 0.3) is 17.5 Å². The first kappa shape index (κ1) is 30.5. The smallest absolute Gasteiger partial charge is 0.343 e. The molecule has 0 atom stereocenters. The zero-order chi connectivity index (χ0) is 31.4. The van der Waals surface area contributed by atoms with Gasteiger partial charge < -0.3 is 10.1 Å². The quantitative estimate of drug-likeness (QED) is 0.0560. The van der Waals surface area contributed by atoms with Crippen molar-refractivity contribution in [3.8, 4) is 5.75 Å². The molecule has 1 heterocycles. The number of hydrogen-bond donors (Lipinski definition) is 2. The molecule has 0 aliphatic carbocycles. The van der Waals surface area contributed by atoms with E-state index in [1.165, 1.54) is 60.0 Å². The van der Waals surface area contributed by atoms with Gasteiger partial charge in [0.1, 0.15) is 10.6 Å². The number of rotatable bonds is 8. The Morgan fingerprint density at radius 3 is 2.36 bits per heavy atom. The van der Waals surface area contributed by atoms with Crippen LogP contribution in [0.1, 0.15) is 41.5 Å². The lowest BCUT2D eigenvalue weighted by Gasteiger charge is -2.08. The van der Waals surface area contributed by atoms with E-state index in [9.17, 15) is 24.5 Å². The molecule has 5 aromatic rings. The van der Waals surface area contributed by atoms with Gasteiger partial charge in [-0.25, -0.2) is 10.2 Å². The third kappa shape index (κ3) is 7.00. The molecule has 0 spiro atoms. The van der Waals surface area contributed by atoms with Gasteiger partial charge in [-0.05, 0) is 73.2 Å². The van der Waals surface area contributed by atoms with Crippen LogP contribution in [-0.2, 0) is 0 Å². The number of ether oxygens (including phenoxy) is 1. The lowest BCUT2D eigenvalue weighted by atomic mass is 10.2. The molecule has 1 aromatic heterocycles. The summed E-state index contributed by atoms with van der Waals surface area (Å²) in [5.41, 5.74) is 4.60. The van der Waals surface area contributed by atoms with Crippen LogP contribution in [0.25, 0.3) is 10.1 Å². The van der Waals surface area contributed by atoms with E-state index in [2.05, 4.69) is 31.8 Å². The molecule has 44 heavy (non-hydrogen) atoms. The number of benzene rings is 4. The van der Waals surface area contributed by atoms with Crippen molar-refractivity contribution in [2.45, 2.75) is 6.92 Å². The largest absolute Gasteiger partial charge is 0.422 e. The second-order valence-corrected chi connectivity index (χ2v) is 11.7. The van der Waals surface area contributed by atoms with Crippen LogP contribution in [0.2, 0.25) is 5.02 Å². The number of fused-ring (bicyclic) bond motifs is 1. The van der Waals surface area contributed by atoms with Gasteiger partial charge >= 0.3 is 5.97 Å². The lowest BCUT2D eigenvalue weighted by Crippen LogP contribution is -2.18. The van der Waals surface area contributed by atoms with E-state index in [-0.39, 0.29) is 28.5 Å². The lowest BCUT2D eigenvalue weighted by molar-refractivity contribution is -0.384. The minimum absolute atomic E-state index is 0.122. The average molecular weight is 692 g/mol. The van der Waals surface area contributed by atoms with Crippen LogP contribution < -0.4 is 15.5 Å². The maximum atomic E-state index is 12.9. The molecule has 2 amide bonds. The molecule has 2 N–H and O–H groups in total. The van der Waals surface area contributed by atoms with Gasteiger partial charge in [0, 0.05) is 43.5 Å². The summed E-state index contributed by atoms with van der Waals surface area (Å²) in [5, 5.41) is 18.9. The highest BCUT2D eigenvalue weighted by Gasteiger charge is 2.18. The number of hydrogen-bond acceptors (Lipinski definition) is 8. The Morgan fingerprint density at radius 2 is 1.66 bits per heavy atom. The van der Waals surface area contributed by atoms with Crippen LogP contribution in [0.15, 0.2) is 94.5 Å². The maximum Gasteiger partial charge on any atom is 0.343 e. The third-order valence-corrected chi connectivity index (χ3v) is 8.40. The van der Waals surface area contributed by atoms with Crippen LogP contribution in [0.5, 0.6) is 5.75 Å². The number of nitrogens with one attached hydrogen (secondary N) is 2. The molecule has 220 valence electrons. The highest BCUT2D eigenvalue weighted by atomic mass is 79.9. The number of amides is 2. The zero-order valence-corrected chi connectivity index (χ0v) is 25.8. The van der Waals surface area contributed by atoms with Gasteiger partial charge in [0.15, 0.2) is 0 Å². The number of nitrogens with zero attached hydrogens (tertiary/aromatic N) is 2. The number of halogens is 2. The highest BCUT2D eigenvalue weighted by molar-refractivity contribution is 9.10. The van der Waals surface area contributed by atoms with Gasteiger partial charge in [-0.1, -0.05) is 39.7 Å². The number of thiophene rings is 1. The van der Waals surface area contributed by atoms with Gasteiger partial charge in [-0.3, -0.25) is 19.7 Å². The van der Waals surface area contributed by atoms with Crippen molar-refractivity contribution >= 4 is 84.3 Å². The number of nitro benzene ring substituents is 1. The Labute approximate surface area is 267 Å². The topological polar surface area (TPSA) is 140 Å². The Balaban J connectivity index is 1.21. The van der Waals surface area contributed by atoms with Crippen molar-refractivity contribution in [1.82, 2.24) is 5.43 Å². The maximum absolute atomic E-state index is 12.9. The Morgan fingerprint density at radius 1 is 0.955 bits per heavy atom. The fourth-order valence-corrected chi connectivity index (χ4v) is 5.92. The van der Waals surface area contributed by atoms with Crippen LogP contribution >= 0.6 is 38.9 Å². The van der Waals surface area contributed by atoms with Gasteiger partial charge in [0.05, 0.1) is 21.7 Å². The number of carbonyl (C=O) groups excluding carboxylic acids is 3. The third-order valence-electron chi connectivity index (χ3n) is 6.25. The van der Waals surface area contributed by atoms with E-state index in [0.29, 0.717) is 25.6 Å². The standard InChI is InChI=1S/C31H20BrClN4O6S/c1-17-2-12-24-26(14-17)44-28(27(24)33)30(39)35-22-8-3-18(4-9-22)29(38)36-34-16-20-15-21(32)7-13-25(20)43-31(40)19-5-10-23(11-6-19)37(41)42/h2-16H,1H3,(H,35,39)(H,36,38)/b34-16-. The van der Waals surface area contributed by atoms with E-state index >= 15 is 0 Å². The number of hydrazone groups is 1. The number of esters is 1. The molecule has 0 unspecified atom stereocenters. The van der Waals surface area contributed by atoms with E-state index in [0.717, 1.165) is 15.6 Å². The summed E-state index contributed by atoms with van der Waals surface area (Å²) in [6, 6.07) is 21.9. The van der Waals surface area contributed by atoms with Gasteiger partial charge in [-0.15, -0.1) is 11.3 Å². The molecule has 13 heteroatoms. The van der Waals surface area contributed by atoms with Crippen molar-refractivity contribution in [3.05, 3.63) is 132 Å². The minimum atomic E-state index is -0.724. The molecular formula is C31H20BrClN4O6S. The van der Waals surface area contributed by atoms with Crippen molar-refractivity contribution in [1.29, 1.82) is 0 Å². The molecule has 0 bridgehead atoms. The Bertz CT molecular complexity index is 1960. The summed E-state index contributed by atoms with van der Waals surface area (Å²) in [4.78, 5) is 48.8. The molecule has 0 aliphatic heterocycles. The fraction of sp³-hybridized carbons (Fsp3) is 0.0323. The van der Waals surface area contributed by atoms with Gasteiger partial charge in [0.2, 0.25) is 0 Å². The first-order valence-electron chi connectivity index (χ1n) is 12.8. The van der Waals surface area contributed by atoms with Crippen LogP contribution in [0, 0.1) is 17.0 Å². The van der Waals surface area contributed by atoms with Gasteiger partial charge in [-0.2, -0.15) is 5.10 Å². The summed E-state index contributed by atoms with van der Waals surface area (Å²) in [6.45, 7) is 1.97. The van der Waals surface area contributed by atoms with E-state index in [1.54, 1.807) is 24.3 Å². The predicted octanol–water partition coefficient (Wildman–Crippen LogP) is 7.77. The molecule has 4 aromatic carbocycles. The SMILES string of the molecule is Cc1ccc2c(Cl)c(C(=O)Nc3ccc(C(=O)N/N=C\c4cc(Br)ccc4OC(=O)c4ccc([N+](=O)[O-])cc4)cc3)sc2c1. The van der Waals surface area contributed by atoms with Crippen LogP contribution in [0.3, 0.4) is 0 Å². The molecule has 0 fully saturated rings. The summed E-state index contributed by atoms with van der Waals surface area (Å²) >= 11 is 11.1. The van der Waals surface area contributed by atoms with Crippen molar-refractivity contribution in [3.63, 3.8) is 0 Å². The minimum Gasteiger partial charge on any atom is -0.422 e. The number of nitro groups is 1. The summed E-state index contributed by atoms with van der Waals surface area (Å²) < 4.78 is 7.05. The highest BCUT2D eigenvalue weighted by Crippen LogP contribution is 2.36. The second kappa shape index (κ2) is 13.2. The Kier molecular flexibility index (Phi) is 9.14. The number of non-ortho nitro benzene ring substituents is 1. The van der Waals surface area contributed by atoms with Crippen molar-refractivity contribution in [2.75, 3.05) is 5.32 Å². The fourth-order valence-electron chi connectivity index (χ4n) is 4.03. The summed E-state index contributed by atoms with van der Waals surface area (Å²) in [6.07, 6.45) is 1.31. The first-order valence-corrected chi connectivity index (χ1v) is 14.8. The van der Waals surface area contributed by atoms with Crippen molar-refractivity contribution in [2.24, 2.45) is 5.10 Å². The summed E-state index contributed by atoms with van der Waals surface area (Å²) in [7, 11) is 0. The number of anilines is 1. The average Bonchev–Trinajstić information content (AvgIpc) is 3.33. The van der Waals surface area contributed by atoms with Crippen LogP contribution in [0.4, 0.5) is 11.4 Å². The normalized spacial score (nSPS) is 11.0. The molecule has 0 aliphatic rings. The number of carbonyl (C=O) groups is 3. The molecule has 0 radical (unpaired) electrons. The van der Waals surface area contributed by atoms with Crippen LogP contribution in [-0.4, -0.2) is 28.9 Å². The molecule has 0 saturated carbocycles. The van der Waals surface area contributed by atoms with E-state index in [1.807, 2.05) is 25.1 Å².